The molecule has 0 heterocycles. The minimum absolute atomic E-state index is 0.288. The average molecular weight is 225 g/mol. The van der Waals surface area contributed by atoms with Gasteiger partial charge in [0.25, 0.3) is 0 Å². The van der Waals surface area contributed by atoms with Gasteiger partial charge in [0, 0.05) is 12.6 Å². The summed E-state index contributed by atoms with van der Waals surface area (Å²) in [6.07, 6.45) is 11.2. The van der Waals surface area contributed by atoms with E-state index in [9.17, 15) is 0 Å². The predicted molar refractivity (Wildman–Crippen MR) is 67.3 cm³/mol. The van der Waals surface area contributed by atoms with E-state index in [-0.39, 0.29) is 6.04 Å². The molecule has 0 aromatic heterocycles. The number of hydrogen-bond donors (Lipinski definition) is 1. The SMILES string of the molecule is CCOC(C(N)CC1CC1)C1CCCCC1. The fraction of sp³-hybridized carbons (Fsp3) is 1.00. The monoisotopic (exact) mass is 225 g/mol. The van der Waals surface area contributed by atoms with Crippen molar-refractivity contribution in [3.63, 3.8) is 0 Å². The Labute approximate surface area is 99.9 Å². The van der Waals surface area contributed by atoms with Crippen molar-refractivity contribution in [2.24, 2.45) is 17.6 Å². The number of nitrogens with two attached hydrogens (primary N) is 1. The molecule has 2 nitrogen and oxygen atoms in total. The Morgan fingerprint density at radius 1 is 1.12 bits per heavy atom. The van der Waals surface area contributed by atoms with Gasteiger partial charge < -0.3 is 10.5 Å². The maximum Gasteiger partial charge on any atom is 0.0753 e. The number of rotatable bonds is 6. The molecule has 0 radical (unpaired) electrons. The van der Waals surface area contributed by atoms with Gasteiger partial charge >= 0.3 is 0 Å². The lowest BCUT2D eigenvalue weighted by atomic mass is 9.81. The van der Waals surface area contributed by atoms with Crippen molar-refractivity contribution < 1.29 is 4.74 Å². The highest BCUT2D eigenvalue weighted by molar-refractivity contribution is 4.87. The van der Waals surface area contributed by atoms with E-state index in [1.54, 1.807) is 0 Å². The van der Waals surface area contributed by atoms with E-state index in [2.05, 4.69) is 6.92 Å². The lowest BCUT2D eigenvalue weighted by molar-refractivity contribution is -0.0118. The predicted octanol–water partition coefficient (Wildman–Crippen LogP) is 3.10. The van der Waals surface area contributed by atoms with Crippen molar-refractivity contribution in [2.75, 3.05) is 6.61 Å². The summed E-state index contributed by atoms with van der Waals surface area (Å²) < 4.78 is 5.95. The third-order valence-electron chi connectivity index (χ3n) is 4.20. The first kappa shape index (κ1) is 12.4. The maximum atomic E-state index is 6.35. The summed E-state index contributed by atoms with van der Waals surface area (Å²) in [4.78, 5) is 0. The van der Waals surface area contributed by atoms with Crippen molar-refractivity contribution in [3.8, 4) is 0 Å². The summed E-state index contributed by atoms with van der Waals surface area (Å²) >= 11 is 0. The van der Waals surface area contributed by atoms with Gasteiger partial charge in [-0.2, -0.15) is 0 Å². The smallest absolute Gasteiger partial charge is 0.0753 e. The number of ether oxygens (including phenoxy) is 1. The van der Waals surface area contributed by atoms with Crippen LogP contribution in [0.1, 0.15) is 58.3 Å². The molecule has 2 N–H and O–H groups in total. The minimum atomic E-state index is 0.288. The molecule has 0 aromatic carbocycles. The summed E-state index contributed by atoms with van der Waals surface area (Å²) in [7, 11) is 0. The quantitative estimate of drug-likeness (QED) is 0.754. The van der Waals surface area contributed by atoms with Crippen LogP contribution in [0.2, 0.25) is 0 Å². The first-order chi connectivity index (χ1) is 7.81. The van der Waals surface area contributed by atoms with Crippen molar-refractivity contribution in [2.45, 2.75) is 70.4 Å². The molecule has 2 aliphatic carbocycles. The summed E-state index contributed by atoms with van der Waals surface area (Å²) in [5.41, 5.74) is 6.35. The van der Waals surface area contributed by atoms with Crippen LogP contribution in [0, 0.1) is 11.8 Å². The van der Waals surface area contributed by atoms with Gasteiger partial charge in [0.2, 0.25) is 0 Å². The second-order valence-electron chi connectivity index (χ2n) is 5.66. The third kappa shape index (κ3) is 3.46. The van der Waals surface area contributed by atoms with Crippen LogP contribution in [0.3, 0.4) is 0 Å². The van der Waals surface area contributed by atoms with Crippen molar-refractivity contribution in [1.29, 1.82) is 0 Å². The fourth-order valence-corrected chi connectivity index (χ4v) is 3.14. The van der Waals surface area contributed by atoms with E-state index in [0.29, 0.717) is 6.10 Å². The van der Waals surface area contributed by atoms with Gasteiger partial charge in [-0.15, -0.1) is 0 Å². The molecule has 2 unspecified atom stereocenters. The molecule has 2 aliphatic rings. The highest BCUT2D eigenvalue weighted by Gasteiger charge is 2.33. The van der Waals surface area contributed by atoms with Crippen LogP contribution in [0.15, 0.2) is 0 Å². The van der Waals surface area contributed by atoms with Crippen LogP contribution in [-0.4, -0.2) is 18.8 Å². The molecule has 2 rings (SSSR count). The molecule has 0 amide bonds. The van der Waals surface area contributed by atoms with E-state index >= 15 is 0 Å². The zero-order valence-electron chi connectivity index (χ0n) is 10.7. The van der Waals surface area contributed by atoms with E-state index < -0.39 is 0 Å². The van der Waals surface area contributed by atoms with Gasteiger partial charge in [-0.1, -0.05) is 32.1 Å². The Balaban J connectivity index is 1.85. The van der Waals surface area contributed by atoms with Gasteiger partial charge in [0.15, 0.2) is 0 Å². The zero-order valence-corrected chi connectivity index (χ0v) is 10.7. The van der Waals surface area contributed by atoms with Gasteiger partial charge in [0.1, 0.15) is 0 Å². The van der Waals surface area contributed by atoms with Crippen LogP contribution in [-0.2, 0) is 4.74 Å². The normalized spacial score (nSPS) is 26.6. The molecule has 0 bridgehead atoms. The molecular formula is C14H27NO. The molecule has 2 atom stereocenters. The fourth-order valence-electron chi connectivity index (χ4n) is 3.14. The molecule has 2 fully saturated rings. The first-order valence-corrected chi connectivity index (χ1v) is 7.18. The first-order valence-electron chi connectivity index (χ1n) is 7.18. The second kappa shape index (κ2) is 6.02. The summed E-state index contributed by atoms with van der Waals surface area (Å²) in [6, 6.07) is 0.288. The van der Waals surface area contributed by atoms with Gasteiger partial charge in [-0.05, 0) is 38.0 Å². The van der Waals surface area contributed by atoms with Crippen molar-refractivity contribution in [1.82, 2.24) is 0 Å². The van der Waals surface area contributed by atoms with Crippen LogP contribution in [0.4, 0.5) is 0 Å². The number of hydrogen-bond acceptors (Lipinski definition) is 2. The lowest BCUT2D eigenvalue weighted by Gasteiger charge is -2.34. The van der Waals surface area contributed by atoms with E-state index in [1.165, 1.54) is 51.4 Å². The third-order valence-corrected chi connectivity index (χ3v) is 4.20. The molecule has 94 valence electrons. The molecule has 0 aliphatic heterocycles. The highest BCUT2D eigenvalue weighted by atomic mass is 16.5. The van der Waals surface area contributed by atoms with Gasteiger partial charge in [0.05, 0.1) is 6.10 Å². The zero-order chi connectivity index (χ0) is 11.4. The molecule has 2 saturated carbocycles. The minimum Gasteiger partial charge on any atom is -0.377 e. The molecule has 0 saturated heterocycles. The van der Waals surface area contributed by atoms with Crippen LogP contribution in [0.5, 0.6) is 0 Å². The maximum absolute atomic E-state index is 6.35. The van der Waals surface area contributed by atoms with Crippen molar-refractivity contribution >= 4 is 0 Å². The van der Waals surface area contributed by atoms with Crippen molar-refractivity contribution in [3.05, 3.63) is 0 Å². The van der Waals surface area contributed by atoms with E-state index in [1.807, 2.05) is 0 Å². The summed E-state index contributed by atoms with van der Waals surface area (Å²) in [6.45, 7) is 2.92. The summed E-state index contributed by atoms with van der Waals surface area (Å²) in [5.74, 6) is 1.66. The Morgan fingerprint density at radius 2 is 1.81 bits per heavy atom. The summed E-state index contributed by atoms with van der Waals surface area (Å²) in [5, 5.41) is 0. The van der Waals surface area contributed by atoms with Crippen LogP contribution < -0.4 is 5.73 Å². The molecule has 2 heteroatoms. The molecule has 0 spiro atoms. The molecule has 0 aromatic rings. The Morgan fingerprint density at radius 3 is 2.38 bits per heavy atom. The van der Waals surface area contributed by atoms with Gasteiger partial charge in [-0.3, -0.25) is 0 Å². The van der Waals surface area contributed by atoms with E-state index in [4.69, 9.17) is 10.5 Å². The van der Waals surface area contributed by atoms with Crippen LogP contribution in [0.25, 0.3) is 0 Å². The Hall–Kier alpha value is -0.0800. The topological polar surface area (TPSA) is 35.2 Å². The highest BCUT2D eigenvalue weighted by Crippen LogP contribution is 2.36. The van der Waals surface area contributed by atoms with Crippen LogP contribution >= 0.6 is 0 Å². The average Bonchev–Trinajstić information content (AvgIpc) is 3.11. The molecular weight excluding hydrogens is 198 g/mol. The Kier molecular flexibility index (Phi) is 4.66. The lowest BCUT2D eigenvalue weighted by Crippen LogP contribution is -2.43. The largest absolute Gasteiger partial charge is 0.377 e. The van der Waals surface area contributed by atoms with E-state index in [0.717, 1.165) is 18.4 Å². The Bertz CT molecular complexity index is 197. The second-order valence-corrected chi connectivity index (χ2v) is 5.66. The standard InChI is InChI=1S/C14H27NO/c1-2-16-14(12-6-4-3-5-7-12)13(15)10-11-8-9-11/h11-14H,2-10,15H2,1H3. The molecule has 16 heavy (non-hydrogen) atoms. The van der Waals surface area contributed by atoms with Gasteiger partial charge in [-0.25, -0.2) is 0 Å².